The molecule has 4 N–H and O–H groups in total. The highest BCUT2D eigenvalue weighted by Gasteiger charge is 2.07. The highest BCUT2D eigenvalue weighted by Crippen LogP contribution is 2.24. The number of carbonyl (C=O) groups is 1. The third-order valence-electron chi connectivity index (χ3n) is 2.20. The first kappa shape index (κ1) is 8.56. The molecule has 3 nitrogen and oxygen atoms in total. The highest BCUT2D eigenvalue weighted by atomic mass is 16.1. The molecular formula is C11H10N2O. The van der Waals surface area contributed by atoms with E-state index in [2.05, 4.69) is 0 Å². The van der Waals surface area contributed by atoms with Crippen LogP contribution in [0.15, 0.2) is 36.4 Å². The van der Waals surface area contributed by atoms with Crippen LogP contribution in [-0.2, 0) is 0 Å². The lowest BCUT2D eigenvalue weighted by molar-refractivity contribution is 0.100. The second kappa shape index (κ2) is 3.03. The summed E-state index contributed by atoms with van der Waals surface area (Å²) in [5.74, 6) is -0.450. The molecule has 0 bridgehead atoms. The monoisotopic (exact) mass is 186 g/mol. The van der Waals surface area contributed by atoms with Gasteiger partial charge in [0.1, 0.15) is 0 Å². The number of benzene rings is 2. The molecule has 0 radical (unpaired) electrons. The second-order valence-electron chi connectivity index (χ2n) is 3.12. The van der Waals surface area contributed by atoms with Gasteiger partial charge < -0.3 is 11.5 Å². The molecule has 0 aromatic heterocycles. The highest BCUT2D eigenvalue weighted by molar-refractivity contribution is 6.10. The van der Waals surface area contributed by atoms with Gasteiger partial charge in [0.2, 0.25) is 5.91 Å². The lowest BCUT2D eigenvalue weighted by Crippen LogP contribution is -2.11. The minimum Gasteiger partial charge on any atom is -0.398 e. The van der Waals surface area contributed by atoms with E-state index in [-0.39, 0.29) is 0 Å². The maximum absolute atomic E-state index is 11.1. The first-order valence-electron chi connectivity index (χ1n) is 4.27. The Kier molecular flexibility index (Phi) is 1.85. The molecule has 0 aliphatic heterocycles. The van der Waals surface area contributed by atoms with Crippen LogP contribution in [0.5, 0.6) is 0 Å². The molecule has 0 aliphatic carbocycles. The molecular weight excluding hydrogens is 176 g/mol. The van der Waals surface area contributed by atoms with Crippen LogP contribution in [0.4, 0.5) is 5.69 Å². The number of nitrogen functional groups attached to an aromatic ring is 1. The van der Waals surface area contributed by atoms with E-state index in [1.54, 1.807) is 18.2 Å². The van der Waals surface area contributed by atoms with Crippen molar-refractivity contribution in [3.63, 3.8) is 0 Å². The number of amides is 1. The molecule has 2 rings (SSSR count). The Morgan fingerprint density at radius 1 is 1.07 bits per heavy atom. The minimum absolute atomic E-state index is 0.450. The van der Waals surface area contributed by atoms with Crippen molar-refractivity contribution in [2.75, 3.05) is 5.73 Å². The van der Waals surface area contributed by atoms with Crippen molar-refractivity contribution in [2.45, 2.75) is 0 Å². The van der Waals surface area contributed by atoms with E-state index in [0.29, 0.717) is 11.3 Å². The van der Waals surface area contributed by atoms with Crippen molar-refractivity contribution < 1.29 is 4.79 Å². The molecule has 0 unspecified atom stereocenters. The fourth-order valence-electron chi connectivity index (χ4n) is 1.58. The lowest BCUT2D eigenvalue weighted by Gasteiger charge is -2.05. The van der Waals surface area contributed by atoms with Gasteiger partial charge in [-0.1, -0.05) is 24.3 Å². The summed E-state index contributed by atoms with van der Waals surface area (Å²) in [7, 11) is 0. The van der Waals surface area contributed by atoms with E-state index in [4.69, 9.17) is 11.5 Å². The summed E-state index contributed by atoms with van der Waals surface area (Å²) in [6, 6.07) is 10.9. The Balaban J connectivity index is 2.91. The van der Waals surface area contributed by atoms with E-state index in [0.717, 1.165) is 10.8 Å². The summed E-state index contributed by atoms with van der Waals surface area (Å²) in [6.07, 6.45) is 0. The van der Waals surface area contributed by atoms with Gasteiger partial charge in [0.05, 0.1) is 0 Å². The third kappa shape index (κ3) is 1.19. The standard InChI is InChI=1S/C11H10N2O/c12-9-6-2-4-7-3-1-5-8(10(7)9)11(13)14/h1-6H,12H2,(H2,13,14). The van der Waals surface area contributed by atoms with Gasteiger partial charge in [-0.3, -0.25) is 4.79 Å². The van der Waals surface area contributed by atoms with Gasteiger partial charge >= 0.3 is 0 Å². The Morgan fingerprint density at radius 2 is 1.71 bits per heavy atom. The second-order valence-corrected chi connectivity index (χ2v) is 3.12. The third-order valence-corrected chi connectivity index (χ3v) is 2.20. The molecule has 3 heteroatoms. The van der Waals surface area contributed by atoms with Gasteiger partial charge in [-0.2, -0.15) is 0 Å². The molecule has 0 saturated carbocycles. The summed E-state index contributed by atoms with van der Waals surface area (Å²) in [4.78, 5) is 11.1. The van der Waals surface area contributed by atoms with Gasteiger partial charge in [0, 0.05) is 16.6 Å². The summed E-state index contributed by atoms with van der Waals surface area (Å²) in [5.41, 5.74) is 12.1. The van der Waals surface area contributed by atoms with Crippen LogP contribution < -0.4 is 11.5 Å². The number of nitrogens with two attached hydrogens (primary N) is 2. The molecule has 1 amide bonds. The van der Waals surface area contributed by atoms with Gasteiger partial charge in [-0.05, 0) is 17.5 Å². The Bertz CT molecular complexity index is 500. The largest absolute Gasteiger partial charge is 0.398 e. The van der Waals surface area contributed by atoms with Crippen LogP contribution in [0.3, 0.4) is 0 Å². The average molecular weight is 186 g/mol. The first-order chi connectivity index (χ1) is 6.70. The molecule has 14 heavy (non-hydrogen) atoms. The molecule has 0 saturated heterocycles. The van der Waals surface area contributed by atoms with E-state index in [1.807, 2.05) is 18.2 Å². The normalized spacial score (nSPS) is 10.3. The van der Waals surface area contributed by atoms with E-state index < -0.39 is 5.91 Å². The van der Waals surface area contributed by atoms with Crippen LogP contribution >= 0.6 is 0 Å². The lowest BCUT2D eigenvalue weighted by atomic mass is 10.0. The number of anilines is 1. The van der Waals surface area contributed by atoms with Crippen LogP contribution in [0.2, 0.25) is 0 Å². The van der Waals surface area contributed by atoms with Crippen molar-refractivity contribution in [1.29, 1.82) is 0 Å². The van der Waals surface area contributed by atoms with Crippen molar-refractivity contribution >= 4 is 22.4 Å². The number of fused-ring (bicyclic) bond motifs is 1. The molecule has 0 fully saturated rings. The zero-order valence-electron chi connectivity index (χ0n) is 7.53. The molecule has 70 valence electrons. The van der Waals surface area contributed by atoms with Crippen molar-refractivity contribution in [2.24, 2.45) is 5.73 Å². The van der Waals surface area contributed by atoms with Gasteiger partial charge in [0.25, 0.3) is 0 Å². The van der Waals surface area contributed by atoms with Crippen LogP contribution in [0, 0.1) is 0 Å². The van der Waals surface area contributed by atoms with Gasteiger partial charge in [-0.15, -0.1) is 0 Å². The Labute approximate surface area is 81.3 Å². The zero-order chi connectivity index (χ0) is 10.1. The molecule has 0 heterocycles. The molecule has 0 atom stereocenters. The maximum atomic E-state index is 11.1. The number of hydrogen-bond donors (Lipinski definition) is 2. The van der Waals surface area contributed by atoms with Crippen LogP contribution in [-0.4, -0.2) is 5.91 Å². The predicted octanol–water partition coefficient (Wildman–Crippen LogP) is 1.52. The van der Waals surface area contributed by atoms with Crippen molar-refractivity contribution in [3.8, 4) is 0 Å². The zero-order valence-corrected chi connectivity index (χ0v) is 7.53. The van der Waals surface area contributed by atoms with Crippen LogP contribution in [0.1, 0.15) is 10.4 Å². The van der Waals surface area contributed by atoms with E-state index in [1.165, 1.54) is 0 Å². The fourth-order valence-corrected chi connectivity index (χ4v) is 1.58. The molecule has 2 aromatic rings. The number of carbonyl (C=O) groups excluding carboxylic acids is 1. The molecule has 0 aliphatic rings. The Morgan fingerprint density at radius 3 is 2.36 bits per heavy atom. The fraction of sp³-hybridized carbons (Fsp3) is 0. The summed E-state index contributed by atoms with van der Waals surface area (Å²) >= 11 is 0. The summed E-state index contributed by atoms with van der Waals surface area (Å²) in [6.45, 7) is 0. The van der Waals surface area contributed by atoms with Crippen molar-refractivity contribution in [3.05, 3.63) is 42.0 Å². The predicted molar refractivity (Wildman–Crippen MR) is 56.9 cm³/mol. The van der Waals surface area contributed by atoms with Gasteiger partial charge in [-0.25, -0.2) is 0 Å². The maximum Gasteiger partial charge on any atom is 0.249 e. The smallest absolute Gasteiger partial charge is 0.249 e. The topological polar surface area (TPSA) is 69.1 Å². The van der Waals surface area contributed by atoms with Crippen molar-refractivity contribution in [1.82, 2.24) is 0 Å². The summed E-state index contributed by atoms with van der Waals surface area (Å²) < 4.78 is 0. The number of primary amides is 1. The Hall–Kier alpha value is -2.03. The average Bonchev–Trinajstić information content (AvgIpc) is 2.17. The van der Waals surface area contributed by atoms with E-state index in [9.17, 15) is 4.79 Å². The first-order valence-corrected chi connectivity index (χ1v) is 4.27. The summed E-state index contributed by atoms with van der Waals surface area (Å²) in [5, 5.41) is 1.67. The SMILES string of the molecule is NC(=O)c1cccc2cccc(N)c12. The quantitative estimate of drug-likeness (QED) is 0.663. The number of rotatable bonds is 1. The van der Waals surface area contributed by atoms with Crippen LogP contribution in [0.25, 0.3) is 10.8 Å². The molecule has 2 aromatic carbocycles. The molecule has 0 spiro atoms. The minimum atomic E-state index is -0.450. The number of hydrogen-bond acceptors (Lipinski definition) is 2. The van der Waals surface area contributed by atoms with Gasteiger partial charge in [0.15, 0.2) is 0 Å². The van der Waals surface area contributed by atoms with E-state index >= 15 is 0 Å².